The summed E-state index contributed by atoms with van der Waals surface area (Å²) in [7, 11) is 3.02. The quantitative estimate of drug-likeness (QED) is 0.460. The summed E-state index contributed by atoms with van der Waals surface area (Å²) in [4.78, 5) is 53.3. The van der Waals surface area contributed by atoms with Gasteiger partial charge in [0.1, 0.15) is 0 Å². The molecule has 0 radical (unpaired) electrons. The third kappa shape index (κ3) is 3.82. The largest absolute Gasteiger partial charge is 0.354 e. The maximum atomic E-state index is 12.8. The molecule has 0 spiro atoms. The molecular weight excluding hydrogens is 436 g/mol. The molecular formula is C23H26N8O3. The van der Waals surface area contributed by atoms with Gasteiger partial charge < -0.3 is 14.8 Å². The van der Waals surface area contributed by atoms with E-state index in [0.29, 0.717) is 35.8 Å². The van der Waals surface area contributed by atoms with Crippen LogP contribution in [0, 0.1) is 0 Å². The van der Waals surface area contributed by atoms with E-state index in [9.17, 15) is 14.4 Å². The molecule has 1 aliphatic rings. The Morgan fingerprint density at radius 3 is 2.47 bits per heavy atom. The Morgan fingerprint density at radius 2 is 1.74 bits per heavy atom. The molecule has 0 bridgehead atoms. The summed E-state index contributed by atoms with van der Waals surface area (Å²) < 4.78 is 4.10. The van der Waals surface area contributed by atoms with Crippen molar-refractivity contribution < 1.29 is 4.79 Å². The molecule has 0 atom stereocenters. The predicted molar refractivity (Wildman–Crippen MR) is 129 cm³/mol. The minimum atomic E-state index is -0.424. The third-order valence-corrected chi connectivity index (χ3v) is 6.24. The van der Waals surface area contributed by atoms with Gasteiger partial charge in [0.05, 0.1) is 17.4 Å². The lowest BCUT2D eigenvalue weighted by molar-refractivity contribution is -0.116. The van der Waals surface area contributed by atoms with E-state index in [1.165, 1.54) is 17.9 Å². The molecule has 1 aromatic carbocycles. The summed E-state index contributed by atoms with van der Waals surface area (Å²) in [6.45, 7) is 2.20. The maximum absolute atomic E-state index is 12.8. The standard InChI is InChI=1S/C23H26N8O3/c1-28-20-18(22(33)29(2)23(28)34)31(14-24-20)13-7-10-17(32)27-19-21(30-11-5-6-12-30)26-16-9-4-3-8-15(16)25-19/h3-4,8-9,14H,5-7,10-13H2,1-2H3,(H,25,27,32). The second-order valence-corrected chi connectivity index (χ2v) is 8.55. The normalized spacial score (nSPS) is 13.8. The van der Waals surface area contributed by atoms with Crippen LogP contribution in [-0.4, -0.2) is 47.6 Å². The van der Waals surface area contributed by atoms with E-state index in [1.807, 2.05) is 24.3 Å². The van der Waals surface area contributed by atoms with Gasteiger partial charge in [0.2, 0.25) is 5.91 Å². The summed E-state index contributed by atoms with van der Waals surface area (Å²) in [5, 5.41) is 2.94. The van der Waals surface area contributed by atoms with Gasteiger partial charge in [-0.25, -0.2) is 19.7 Å². The molecule has 5 rings (SSSR count). The number of anilines is 2. The SMILES string of the molecule is Cn1c(=O)c2c(ncn2CCCC(=O)Nc2nc3ccccc3nc2N2CCCC2)n(C)c1=O. The molecule has 11 nitrogen and oxygen atoms in total. The zero-order valence-electron chi connectivity index (χ0n) is 19.2. The summed E-state index contributed by atoms with van der Waals surface area (Å²) in [5.74, 6) is 1.01. The number of nitrogens with zero attached hydrogens (tertiary/aromatic N) is 7. The molecule has 1 amide bonds. The second-order valence-electron chi connectivity index (χ2n) is 8.55. The van der Waals surface area contributed by atoms with Gasteiger partial charge in [-0.2, -0.15) is 0 Å². The van der Waals surface area contributed by atoms with Crippen molar-refractivity contribution in [2.24, 2.45) is 14.1 Å². The van der Waals surface area contributed by atoms with Crippen LogP contribution >= 0.6 is 0 Å². The van der Waals surface area contributed by atoms with Crippen LogP contribution in [0.5, 0.6) is 0 Å². The molecule has 1 aliphatic heterocycles. The number of nitrogens with one attached hydrogen (secondary N) is 1. The van der Waals surface area contributed by atoms with Crippen molar-refractivity contribution >= 4 is 39.7 Å². The van der Waals surface area contributed by atoms with E-state index in [4.69, 9.17) is 4.98 Å². The number of hydrogen-bond donors (Lipinski definition) is 1. The smallest absolute Gasteiger partial charge is 0.332 e. The number of rotatable bonds is 6. The Balaban J connectivity index is 1.32. The summed E-state index contributed by atoms with van der Waals surface area (Å²) in [5.41, 5.74) is 1.38. The molecule has 11 heteroatoms. The van der Waals surface area contributed by atoms with Gasteiger partial charge in [-0.1, -0.05) is 12.1 Å². The van der Waals surface area contributed by atoms with Crippen molar-refractivity contribution in [1.82, 2.24) is 28.7 Å². The molecule has 34 heavy (non-hydrogen) atoms. The molecule has 1 saturated heterocycles. The number of benzene rings is 1. The van der Waals surface area contributed by atoms with Crippen molar-refractivity contribution in [3.05, 3.63) is 51.4 Å². The first-order valence-electron chi connectivity index (χ1n) is 11.4. The monoisotopic (exact) mass is 462 g/mol. The molecule has 1 N–H and O–H groups in total. The fraction of sp³-hybridized carbons (Fsp3) is 0.391. The van der Waals surface area contributed by atoms with Crippen molar-refractivity contribution in [2.75, 3.05) is 23.3 Å². The number of fused-ring (bicyclic) bond motifs is 2. The lowest BCUT2D eigenvalue weighted by Crippen LogP contribution is -2.37. The molecule has 4 heterocycles. The van der Waals surface area contributed by atoms with E-state index in [0.717, 1.165) is 41.5 Å². The van der Waals surface area contributed by atoms with Gasteiger partial charge in [0, 0.05) is 40.2 Å². The van der Waals surface area contributed by atoms with Gasteiger partial charge in [-0.05, 0) is 31.4 Å². The van der Waals surface area contributed by atoms with Crippen LogP contribution in [0.1, 0.15) is 25.7 Å². The fourth-order valence-corrected chi connectivity index (χ4v) is 4.40. The van der Waals surface area contributed by atoms with Crippen LogP contribution in [0.25, 0.3) is 22.2 Å². The van der Waals surface area contributed by atoms with Gasteiger partial charge >= 0.3 is 5.69 Å². The Bertz CT molecular complexity index is 1510. The number of hydrogen-bond acceptors (Lipinski definition) is 7. The average molecular weight is 463 g/mol. The van der Waals surface area contributed by atoms with Crippen molar-refractivity contribution in [3.63, 3.8) is 0 Å². The number of carbonyl (C=O) groups is 1. The molecule has 4 aromatic rings. The highest BCUT2D eigenvalue weighted by atomic mass is 16.2. The average Bonchev–Trinajstić information content (AvgIpc) is 3.51. The highest BCUT2D eigenvalue weighted by molar-refractivity contribution is 5.94. The van der Waals surface area contributed by atoms with Gasteiger partial charge in [0.15, 0.2) is 22.8 Å². The minimum Gasteiger partial charge on any atom is -0.354 e. The highest BCUT2D eigenvalue weighted by Gasteiger charge is 2.21. The first-order chi connectivity index (χ1) is 16.4. The van der Waals surface area contributed by atoms with Gasteiger partial charge in [-0.3, -0.25) is 18.7 Å². The number of imidazole rings is 1. The fourth-order valence-electron chi connectivity index (χ4n) is 4.40. The van der Waals surface area contributed by atoms with Crippen LogP contribution in [-0.2, 0) is 25.4 Å². The van der Waals surface area contributed by atoms with Crippen LogP contribution < -0.4 is 21.5 Å². The molecule has 0 saturated carbocycles. The Hall–Kier alpha value is -4.02. The lowest BCUT2D eigenvalue weighted by atomic mass is 10.2. The van der Waals surface area contributed by atoms with Gasteiger partial charge in [-0.15, -0.1) is 0 Å². The van der Waals surface area contributed by atoms with Gasteiger partial charge in [0.25, 0.3) is 5.56 Å². The van der Waals surface area contributed by atoms with E-state index in [2.05, 4.69) is 20.2 Å². The summed E-state index contributed by atoms with van der Waals surface area (Å²) in [6, 6.07) is 7.62. The highest BCUT2D eigenvalue weighted by Crippen LogP contribution is 2.28. The Morgan fingerprint density at radius 1 is 1.03 bits per heavy atom. The molecule has 3 aromatic heterocycles. The molecule has 0 aliphatic carbocycles. The molecule has 0 unspecified atom stereocenters. The second kappa shape index (κ2) is 8.73. The number of carbonyl (C=O) groups excluding carboxylic acids is 1. The Kier molecular flexibility index (Phi) is 5.60. The van der Waals surface area contributed by atoms with Crippen LogP contribution in [0.15, 0.2) is 40.2 Å². The predicted octanol–water partition coefficient (Wildman–Crippen LogP) is 1.40. The van der Waals surface area contributed by atoms with Crippen LogP contribution in [0.4, 0.5) is 11.6 Å². The van der Waals surface area contributed by atoms with Crippen LogP contribution in [0.3, 0.4) is 0 Å². The Labute approximate surface area is 194 Å². The lowest BCUT2D eigenvalue weighted by Gasteiger charge is -2.20. The maximum Gasteiger partial charge on any atom is 0.332 e. The first-order valence-corrected chi connectivity index (χ1v) is 11.4. The van der Waals surface area contributed by atoms with Crippen molar-refractivity contribution in [2.45, 2.75) is 32.2 Å². The number of aromatic nitrogens is 6. The first kappa shape index (κ1) is 21.8. The van der Waals surface area contributed by atoms with E-state index in [1.54, 1.807) is 11.6 Å². The zero-order chi connectivity index (χ0) is 23.8. The molecule has 1 fully saturated rings. The van der Waals surface area contributed by atoms with Crippen LogP contribution in [0.2, 0.25) is 0 Å². The number of para-hydroxylation sites is 2. The number of amides is 1. The van der Waals surface area contributed by atoms with E-state index < -0.39 is 11.2 Å². The molecule has 176 valence electrons. The minimum absolute atomic E-state index is 0.172. The van der Waals surface area contributed by atoms with Crippen molar-refractivity contribution in [1.29, 1.82) is 0 Å². The topological polar surface area (TPSA) is 120 Å². The van der Waals surface area contributed by atoms with E-state index in [-0.39, 0.29) is 12.3 Å². The van der Waals surface area contributed by atoms with Crippen molar-refractivity contribution in [3.8, 4) is 0 Å². The summed E-state index contributed by atoms with van der Waals surface area (Å²) >= 11 is 0. The third-order valence-electron chi connectivity index (χ3n) is 6.24. The summed E-state index contributed by atoms with van der Waals surface area (Å²) in [6.07, 6.45) is 4.43. The number of aryl methyl sites for hydroxylation is 2. The zero-order valence-corrected chi connectivity index (χ0v) is 19.2. The van der Waals surface area contributed by atoms with E-state index >= 15 is 0 Å².